The molecule has 19 heteroatoms. The molecular weight excluding hydrogens is 1280 g/mol. The van der Waals surface area contributed by atoms with E-state index in [0.29, 0.717) is 5.56 Å². The number of hydrogen-bond acceptors (Lipinski definition) is 16. The molecule has 8 N–H and O–H groups in total. The van der Waals surface area contributed by atoms with Crippen LogP contribution in [0.4, 0.5) is 28.4 Å². The molecule has 0 unspecified atom stereocenters. The van der Waals surface area contributed by atoms with Crippen LogP contribution in [0.15, 0.2) is 163 Å². The van der Waals surface area contributed by atoms with Gasteiger partial charge < -0.3 is 46.7 Å². The molecule has 400 valence electrons. The summed E-state index contributed by atoms with van der Waals surface area (Å²) in [5, 5.41) is 33.4. The van der Waals surface area contributed by atoms with Gasteiger partial charge in [0, 0.05) is 85.4 Å². The van der Waals surface area contributed by atoms with Crippen LogP contribution in [-0.4, -0.2) is 73.5 Å². The van der Waals surface area contributed by atoms with Crippen molar-refractivity contribution < 1.29 is 24.5 Å². The number of halogens is 2. The fourth-order valence-electron chi connectivity index (χ4n) is 7.26. The van der Waals surface area contributed by atoms with E-state index < -0.39 is 5.97 Å². The molecule has 3 aromatic heterocycles. The highest BCUT2D eigenvalue weighted by Gasteiger charge is 2.12. The Kier molecular flexibility index (Phi) is 21.2. The van der Waals surface area contributed by atoms with Crippen molar-refractivity contribution in [3.63, 3.8) is 0 Å². The Balaban J connectivity index is 0.000000146. The molecule has 0 aliphatic carbocycles. The van der Waals surface area contributed by atoms with E-state index in [0.717, 1.165) is 107 Å². The van der Waals surface area contributed by atoms with Crippen molar-refractivity contribution in [2.75, 3.05) is 69.4 Å². The Morgan fingerprint density at radius 1 is 0.538 bits per heavy atom. The van der Waals surface area contributed by atoms with E-state index in [4.69, 9.17) is 25.3 Å². The number of aromatic nitrogens is 3. The summed E-state index contributed by atoms with van der Waals surface area (Å²) in [6.07, 6.45) is 0. The third kappa shape index (κ3) is 15.7. The summed E-state index contributed by atoms with van der Waals surface area (Å²) < 4.78 is 16.1. The molecule has 13 nitrogen and oxygen atoms in total. The minimum absolute atomic E-state index is 0.280. The van der Waals surface area contributed by atoms with Crippen molar-refractivity contribution >= 4 is 157 Å². The Bertz CT molecular complexity index is 3800. The number of phenols is 1. The van der Waals surface area contributed by atoms with Crippen molar-refractivity contribution in [3.8, 4) is 49.0 Å². The number of hydrogen-bond donors (Lipinski definition) is 8. The molecule has 0 saturated heterocycles. The standard InChI is InChI=1S/C15H13IN2OS.C15H14N2OS.C14H11IN2OS.C8H9NO2.C7H9NS/c1-17-12-5-3-9(7-11(12)16)15-18-13-6-4-10(19-2)8-14(13)20-15;1-16-11-5-3-10(4-6-11)15-17-13-8-7-12(18-2)9-14(13)19-15;1-16-11-4-2-8(6-10(11)15)14-17-12-5-3-9(18)7-13(12)19-14;1-9-7-4-2-6(3-5-7)8(10)11;1-5-2-3-6(8)7(9)4-5/h3-8,17H,1-2H3;3-9,16H,1-2H3;2-7,16,18H,1H3;2-5,9H,1H3,(H,10,11);2-4,9H,8H2,1H3. The van der Waals surface area contributed by atoms with E-state index in [-0.39, 0.29) is 5.75 Å². The molecular formula is C59H56I2N8O5S4. The van der Waals surface area contributed by atoms with Gasteiger partial charge in [0.05, 0.1) is 50.4 Å². The average molecular weight is 1340 g/mol. The van der Waals surface area contributed by atoms with Gasteiger partial charge >= 0.3 is 5.97 Å². The number of rotatable bonds is 10. The number of thiol groups is 1. The number of nitrogens with two attached hydrogens (primary N) is 1. The van der Waals surface area contributed by atoms with Gasteiger partial charge in [0.15, 0.2) is 0 Å². The van der Waals surface area contributed by atoms with Crippen molar-refractivity contribution in [1.29, 1.82) is 0 Å². The third-order valence-electron chi connectivity index (χ3n) is 11.6. The number of thiazole rings is 3. The van der Waals surface area contributed by atoms with Crippen LogP contribution in [0.25, 0.3) is 62.4 Å². The number of benzene rings is 8. The Morgan fingerprint density at radius 3 is 1.36 bits per heavy atom. The van der Waals surface area contributed by atoms with Gasteiger partial charge in [-0.1, -0.05) is 6.07 Å². The first-order chi connectivity index (χ1) is 37.6. The summed E-state index contributed by atoms with van der Waals surface area (Å²) in [6.45, 7) is 2.01. The number of nitrogens with zero attached hydrogens (tertiary/aromatic N) is 3. The molecule has 0 aliphatic heterocycles. The topological polar surface area (TPSA) is 189 Å². The van der Waals surface area contributed by atoms with Crippen molar-refractivity contribution in [2.24, 2.45) is 0 Å². The van der Waals surface area contributed by atoms with Crippen LogP contribution < -0.4 is 36.5 Å². The molecule has 0 bridgehead atoms. The van der Waals surface area contributed by atoms with Gasteiger partial charge in [-0.05, 0) is 209 Å². The molecule has 0 spiro atoms. The van der Waals surface area contributed by atoms with Gasteiger partial charge in [0.2, 0.25) is 0 Å². The van der Waals surface area contributed by atoms with Crippen LogP contribution >= 0.6 is 91.8 Å². The van der Waals surface area contributed by atoms with Crippen LogP contribution in [0.3, 0.4) is 0 Å². The number of ether oxygens (including phenoxy) is 2. The van der Waals surface area contributed by atoms with Gasteiger partial charge in [-0.3, -0.25) is 0 Å². The highest BCUT2D eigenvalue weighted by Crippen LogP contribution is 2.37. The maximum atomic E-state index is 10.4. The average Bonchev–Trinajstić information content (AvgIpc) is 4.24. The number of carboxylic acid groups (broad SMARTS) is 1. The Hall–Kier alpha value is -6.89. The molecule has 8 aromatic carbocycles. The molecule has 3 heterocycles. The van der Waals surface area contributed by atoms with Crippen molar-refractivity contribution in [1.82, 2.24) is 15.0 Å². The number of aryl methyl sites for hydroxylation is 1. The molecule has 0 atom stereocenters. The molecule has 78 heavy (non-hydrogen) atoms. The second-order valence-electron chi connectivity index (χ2n) is 16.8. The number of nitrogens with one attached hydrogen (secondary N) is 4. The first kappa shape index (κ1) is 58.8. The number of nitrogen functional groups attached to an aromatic ring is 1. The zero-order valence-corrected chi connectivity index (χ0v) is 51.1. The van der Waals surface area contributed by atoms with Gasteiger partial charge in [0.1, 0.15) is 32.3 Å². The monoisotopic (exact) mass is 1340 g/mol. The molecule has 0 saturated carbocycles. The van der Waals surface area contributed by atoms with E-state index in [9.17, 15) is 9.90 Å². The number of aromatic carboxylic acids is 1. The van der Waals surface area contributed by atoms with Crippen LogP contribution in [0, 0.1) is 14.1 Å². The van der Waals surface area contributed by atoms with E-state index >= 15 is 0 Å². The summed E-state index contributed by atoms with van der Waals surface area (Å²) in [7, 11) is 10.9. The maximum absolute atomic E-state index is 10.4. The van der Waals surface area contributed by atoms with Gasteiger partial charge in [-0.15, -0.1) is 46.6 Å². The van der Waals surface area contributed by atoms with E-state index in [1.54, 1.807) is 91.7 Å². The molecule has 0 amide bonds. The first-order valence-corrected chi connectivity index (χ1v) is 29.0. The zero-order chi connectivity index (χ0) is 55.9. The van der Waals surface area contributed by atoms with Gasteiger partial charge in [-0.25, -0.2) is 19.7 Å². The predicted molar refractivity (Wildman–Crippen MR) is 350 cm³/mol. The molecule has 11 rings (SSSR count). The number of aromatic hydroxyl groups is 1. The predicted octanol–water partition coefficient (Wildman–Crippen LogP) is 16.2. The van der Waals surface area contributed by atoms with E-state index in [2.05, 4.69) is 150 Å². The van der Waals surface area contributed by atoms with E-state index in [1.165, 1.54) is 12.7 Å². The zero-order valence-electron chi connectivity index (χ0n) is 43.5. The lowest BCUT2D eigenvalue weighted by atomic mass is 10.2. The maximum Gasteiger partial charge on any atom is 0.335 e. The molecule has 0 aliphatic rings. The second-order valence-corrected chi connectivity index (χ2v) is 22.7. The lowest BCUT2D eigenvalue weighted by Gasteiger charge is -2.04. The normalized spacial score (nSPS) is 10.4. The number of fused-ring (bicyclic) bond motifs is 3. The number of methoxy groups -OCH3 is 2. The molecule has 0 fully saturated rings. The summed E-state index contributed by atoms with van der Waals surface area (Å²) in [6, 6.07) is 50.4. The number of carboxylic acids is 1. The SMILES string of the molecule is CNc1ccc(-c2nc3ccc(O)cc3s2)cc1I.CNc1ccc(-c2nc3ccc(OC)cc3s2)cc1.CNc1ccc(-c2nc3ccc(OC)cc3s2)cc1I.CNc1ccc(C(=O)O)cc1.Cc1ccc(N)c(S)c1. The smallest absolute Gasteiger partial charge is 0.335 e. The minimum atomic E-state index is -0.896. The Morgan fingerprint density at radius 2 is 0.962 bits per heavy atom. The lowest BCUT2D eigenvalue weighted by molar-refractivity contribution is 0.0697. The first-order valence-electron chi connectivity index (χ1n) is 23.9. The number of carbonyl (C=O) groups is 1. The van der Waals surface area contributed by atoms with Crippen LogP contribution in [0.1, 0.15) is 15.9 Å². The fraction of sp³-hybridized carbons (Fsp3) is 0.119. The summed E-state index contributed by atoms with van der Waals surface area (Å²) in [5.41, 5.74) is 18.3. The van der Waals surface area contributed by atoms with Crippen molar-refractivity contribution in [3.05, 3.63) is 176 Å². The highest BCUT2D eigenvalue weighted by atomic mass is 127. The van der Waals surface area contributed by atoms with Crippen LogP contribution in [-0.2, 0) is 0 Å². The lowest BCUT2D eigenvalue weighted by Crippen LogP contribution is -1.96. The number of anilines is 5. The summed E-state index contributed by atoms with van der Waals surface area (Å²) in [4.78, 5) is 25.2. The highest BCUT2D eigenvalue weighted by molar-refractivity contribution is 14.1. The minimum Gasteiger partial charge on any atom is -0.508 e. The number of phenolic OH excluding ortho intramolecular Hbond substituents is 1. The van der Waals surface area contributed by atoms with Gasteiger partial charge in [0.25, 0.3) is 0 Å². The van der Waals surface area contributed by atoms with Crippen LogP contribution in [0.5, 0.6) is 17.2 Å². The fourth-order valence-corrected chi connectivity index (χ4v) is 12.1. The van der Waals surface area contributed by atoms with Crippen LogP contribution in [0.2, 0.25) is 0 Å². The quantitative estimate of drug-likeness (QED) is 0.0367. The molecule has 0 radical (unpaired) electrons. The molecule has 11 aromatic rings. The summed E-state index contributed by atoms with van der Waals surface area (Å²) in [5.74, 6) is 1.12. The second kappa shape index (κ2) is 28.1. The van der Waals surface area contributed by atoms with Crippen molar-refractivity contribution in [2.45, 2.75) is 11.8 Å². The Labute approximate surface area is 498 Å². The van der Waals surface area contributed by atoms with Gasteiger partial charge in [-0.2, -0.15) is 0 Å². The van der Waals surface area contributed by atoms with E-state index in [1.807, 2.05) is 88.7 Å². The summed E-state index contributed by atoms with van der Waals surface area (Å²) >= 11 is 13.8. The third-order valence-corrected chi connectivity index (χ3v) is 16.9. The largest absolute Gasteiger partial charge is 0.508 e.